The molecule has 1 aromatic heterocycles. The summed E-state index contributed by atoms with van der Waals surface area (Å²) in [5.74, 6) is 0.311. The molecule has 5 rings (SSSR count). The molecule has 1 spiro atoms. The van der Waals surface area contributed by atoms with E-state index in [0.29, 0.717) is 19.0 Å². The first kappa shape index (κ1) is 28.3. The maximum Gasteiger partial charge on any atom is 0.115 e. The Labute approximate surface area is 228 Å². The summed E-state index contributed by atoms with van der Waals surface area (Å²) >= 11 is 0. The number of fused-ring (bicyclic) bond motifs is 1. The van der Waals surface area contributed by atoms with Crippen molar-refractivity contribution in [3.05, 3.63) is 82.7 Å². The van der Waals surface area contributed by atoms with Crippen molar-refractivity contribution >= 4 is 0 Å². The van der Waals surface area contributed by atoms with Gasteiger partial charge in [0.2, 0.25) is 0 Å². The zero-order valence-electron chi connectivity index (χ0n) is 23.6. The molecule has 3 heterocycles. The van der Waals surface area contributed by atoms with Crippen LogP contribution in [0.1, 0.15) is 68.6 Å². The Morgan fingerprint density at radius 2 is 1.74 bits per heavy atom. The van der Waals surface area contributed by atoms with Gasteiger partial charge in [-0.2, -0.15) is 5.10 Å². The second-order valence-corrected chi connectivity index (χ2v) is 11.5. The molecule has 2 aromatic carbocycles. The van der Waals surface area contributed by atoms with Crippen molar-refractivity contribution in [2.45, 2.75) is 73.1 Å². The highest BCUT2D eigenvalue weighted by Gasteiger charge is 2.39. The monoisotopic (exact) mass is 519 g/mol. The fourth-order valence-corrected chi connectivity index (χ4v) is 5.75. The van der Waals surface area contributed by atoms with E-state index in [1.165, 1.54) is 28.1 Å². The third-order valence-corrected chi connectivity index (χ3v) is 7.68. The van der Waals surface area contributed by atoms with Crippen LogP contribution in [0.25, 0.3) is 0 Å². The minimum Gasteiger partial charge on any atom is -0.508 e. The van der Waals surface area contributed by atoms with Gasteiger partial charge in [-0.15, -0.1) is 0 Å². The maximum atomic E-state index is 9.69. The molecule has 2 aliphatic rings. The summed E-state index contributed by atoms with van der Waals surface area (Å²) in [4.78, 5) is 2.54. The fourth-order valence-electron chi connectivity index (χ4n) is 5.75. The van der Waals surface area contributed by atoms with Crippen LogP contribution in [0.15, 0.2) is 54.6 Å². The number of aromatic hydroxyl groups is 1. The smallest absolute Gasteiger partial charge is 0.115 e. The summed E-state index contributed by atoms with van der Waals surface area (Å²) in [5.41, 5.74) is 6.45. The van der Waals surface area contributed by atoms with Crippen molar-refractivity contribution in [1.82, 2.24) is 15.1 Å². The minimum absolute atomic E-state index is 0.0153. The molecule has 0 unspecified atom stereocenters. The molecular weight excluding hydrogens is 474 g/mol. The van der Waals surface area contributed by atoms with E-state index in [9.17, 15) is 5.11 Å². The molecule has 1 saturated heterocycles. The number of nitrogens with zero attached hydrogens (tertiary/aromatic N) is 2. The molecular formula is C32H45N3O3. The molecule has 38 heavy (non-hydrogen) atoms. The van der Waals surface area contributed by atoms with E-state index in [-0.39, 0.29) is 10.8 Å². The van der Waals surface area contributed by atoms with E-state index in [2.05, 4.69) is 48.1 Å². The Kier molecular flexibility index (Phi) is 9.64. The van der Waals surface area contributed by atoms with Gasteiger partial charge < -0.3 is 14.6 Å². The van der Waals surface area contributed by atoms with Gasteiger partial charge in [0.15, 0.2) is 0 Å². The zero-order valence-corrected chi connectivity index (χ0v) is 23.6. The second-order valence-electron chi connectivity index (χ2n) is 11.5. The maximum absolute atomic E-state index is 9.69. The number of hydrogen-bond acceptors (Lipinski definition) is 5. The first-order valence-corrected chi connectivity index (χ1v) is 14.1. The number of benzene rings is 2. The predicted molar refractivity (Wildman–Crippen MR) is 152 cm³/mol. The number of ether oxygens (including phenoxy) is 2. The summed E-state index contributed by atoms with van der Waals surface area (Å²) in [7, 11) is 0. The van der Waals surface area contributed by atoms with Gasteiger partial charge in [0.25, 0.3) is 0 Å². The number of phenolic OH excluding ortho intramolecular Hbond substituents is 1. The molecule has 0 amide bonds. The molecule has 0 radical (unpaired) electrons. The first-order valence-electron chi connectivity index (χ1n) is 14.1. The number of phenols is 1. The Balaban J connectivity index is 0.00000164. The van der Waals surface area contributed by atoms with E-state index >= 15 is 0 Å². The number of rotatable bonds is 8. The van der Waals surface area contributed by atoms with Crippen molar-refractivity contribution in [3.8, 4) is 5.75 Å². The van der Waals surface area contributed by atoms with Crippen LogP contribution in [-0.2, 0) is 42.0 Å². The molecule has 1 fully saturated rings. The van der Waals surface area contributed by atoms with E-state index < -0.39 is 0 Å². The van der Waals surface area contributed by atoms with Crippen LogP contribution >= 0.6 is 0 Å². The standard InChI is InChI=1S/C30H39N3O3.C2H6/c1-29(2,22-36-20-24-6-4-3-5-7-24)17-27-26-16-30(12-14-35-15-13-30)21-33(19-28(26)32-31-27)18-23-8-10-25(34)11-9-23;1-2/h3-11,34H,12-22H2,1-2H3,(H,31,32);1-2H3. The lowest BCUT2D eigenvalue weighted by Gasteiger charge is -2.39. The lowest BCUT2D eigenvalue weighted by molar-refractivity contribution is -0.00465. The van der Waals surface area contributed by atoms with E-state index in [1.807, 2.05) is 32.0 Å². The van der Waals surface area contributed by atoms with Gasteiger partial charge in [-0.05, 0) is 65.3 Å². The van der Waals surface area contributed by atoms with Crippen LogP contribution < -0.4 is 0 Å². The van der Waals surface area contributed by atoms with Crippen LogP contribution in [0.5, 0.6) is 5.75 Å². The first-order chi connectivity index (χ1) is 18.4. The number of aromatic nitrogens is 2. The van der Waals surface area contributed by atoms with Crippen LogP contribution in [0.3, 0.4) is 0 Å². The van der Waals surface area contributed by atoms with E-state index in [4.69, 9.17) is 14.6 Å². The highest BCUT2D eigenvalue weighted by atomic mass is 16.5. The third kappa shape index (κ3) is 7.46. The van der Waals surface area contributed by atoms with Crippen molar-refractivity contribution in [3.63, 3.8) is 0 Å². The molecule has 3 aromatic rings. The van der Waals surface area contributed by atoms with E-state index in [0.717, 1.165) is 58.5 Å². The molecule has 0 aliphatic carbocycles. The van der Waals surface area contributed by atoms with Gasteiger partial charge in [0, 0.05) is 32.8 Å². The molecule has 0 saturated carbocycles. The van der Waals surface area contributed by atoms with Gasteiger partial charge in [0.1, 0.15) is 5.75 Å². The van der Waals surface area contributed by atoms with Crippen molar-refractivity contribution in [2.75, 3.05) is 26.4 Å². The van der Waals surface area contributed by atoms with Crippen LogP contribution in [0.4, 0.5) is 0 Å². The summed E-state index contributed by atoms with van der Waals surface area (Å²) in [6.45, 7) is 14.3. The fraction of sp³-hybridized carbons (Fsp3) is 0.531. The Morgan fingerprint density at radius 1 is 1.03 bits per heavy atom. The summed E-state index contributed by atoms with van der Waals surface area (Å²) in [6.07, 6.45) is 4.09. The quantitative estimate of drug-likeness (QED) is 0.366. The van der Waals surface area contributed by atoms with Gasteiger partial charge in [-0.25, -0.2) is 0 Å². The molecule has 0 bridgehead atoms. The summed E-state index contributed by atoms with van der Waals surface area (Å²) in [5, 5.41) is 18.0. The highest BCUT2D eigenvalue weighted by molar-refractivity contribution is 5.30. The lowest BCUT2D eigenvalue weighted by Crippen LogP contribution is -2.41. The van der Waals surface area contributed by atoms with Crippen LogP contribution in [0.2, 0.25) is 0 Å². The molecule has 6 nitrogen and oxygen atoms in total. The molecule has 2 aliphatic heterocycles. The number of aromatic amines is 1. The van der Waals surface area contributed by atoms with Gasteiger partial charge in [0.05, 0.1) is 24.6 Å². The van der Waals surface area contributed by atoms with Gasteiger partial charge >= 0.3 is 0 Å². The van der Waals surface area contributed by atoms with Gasteiger partial charge in [-0.1, -0.05) is 70.2 Å². The second kappa shape index (κ2) is 12.9. The minimum atomic E-state index is -0.0153. The van der Waals surface area contributed by atoms with Crippen molar-refractivity contribution < 1.29 is 14.6 Å². The largest absolute Gasteiger partial charge is 0.508 e. The van der Waals surface area contributed by atoms with Gasteiger partial charge in [-0.3, -0.25) is 10.00 Å². The van der Waals surface area contributed by atoms with Crippen LogP contribution in [-0.4, -0.2) is 46.6 Å². The number of nitrogens with one attached hydrogen (secondary N) is 1. The Hall–Kier alpha value is -2.67. The SMILES string of the molecule is CC.CC(C)(COCc1ccccc1)Cc1n[nH]c2c1CC1(CCOCC1)CN(Cc1ccc(O)cc1)C2. The zero-order chi connectivity index (χ0) is 27.0. The van der Waals surface area contributed by atoms with Crippen LogP contribution in [0, 0.1) is 10.8 Å². The molecule has 6 heteroatoms. The normalized spacial score (nSPS) is 17.4. The highest BCUT2D eigenvalue weighted by Crippen LogP contribution is 2.41. The molecule has 2 N–H and O–H groups in total. The lowest BCUT2D eigenvalue weighted by atomic mass is 9.74. The van der Waals surface area contributed by atoms with Crippen molar-refractivity contribution in [2.24, 2.45) is 10.8 Å². The Bertz CT molecular complexity index is 1120. The van der Waals surface area contributed by atoms with E-state index in [1.54, 1.807) is 12.1 Å². The topological polar surface area (TPSA) is 70.6 Å². The van der Waals surface area contributed by atoms with Crippen molar-refractivity contribution in [1.29, 1.82) is 0 Å². The third-order valence-electron chi connectivity index (χ3n) is 7.68. The summed E-state index contributed by atoms with van der Waals surface area (Å²) in [6, 6.07) is 18.0. The molecule has 0 atom stereocenters. The Morgan fingerprint density at radius 3 is 2.45 bits per heavy atom. The molecule has 206 valence electrons. The average molecular weight is 520 g/mol. The number of H-pyrrole nitrogens is 1. The number of hydrogen-bond donors (Lipinski definition) is 2. The predicted octanol–water partition coefficient (Wildman–Crippen LogP) is 6.28. The summed E-state index contributed by atoms with van der Waals surface area (Å²) < 4.78 is 11.9. The average Bonchev–Trinajstić information content (AvgIpc) is 3.19.